The van der Waals surface area contributed by atoms with Crippen molar-refractivity contribution in [2.45, 2.75) is 19.3 Å². The molecule has 0 atom stereocenters. The third-order valence-corrected chi connectivity index (χ3v) is 7.56. The highest BCUT2D eigenvalue weighted by Crippen LogP contribution is 2.32. The van der Waals surface area contributed by atoms with E-state index in [1.54, 1.807) is 30.3 Å². The number of hydrogen-bond donors (Lipinski definition) is 2. The Hall–Kier alpha value is -3.90. The van der Waals surface area contributed by atoms with Crippen molar-refractivity contribution in [2.75, 3.05) is 62.6 Å². The number of benzene rings is 2. The van der Waals surface area contributed by atoms with Crippen molar-refractivity contribution in [1.82, 2.24) is 15.1 Å². The smallest absolute Gasteiger partial charge is 0.255 e. The van der Waals surface area contributed by atoms with Crippen molar-refractivity contribution < 1.29 is 14.4 Å². The van der Waals surface area contributed by atoms with Gasteiger partial charge in [0.15, 0.2) is 0 Å². The van der Waals surface area contributed by atoms with Gasteiger partial charge in [0.05, 0.1) is 23.0 Å². The van der Waals surface area contributed by atoms with Crippen LogP contribution in [0.15, 0.2) is 42.5 Å². The lowest BCUT2D eigenvalue weighted by molar-refractivity contribution is -0.138. The molecule has 9 nitrogen and oxygen atoms in total. The molecule has 3 fully saturated rings. The predicted molar refractivity (Wildman–Crippen MR) is 140 cm³/mol. The fraction of sp³-hybridized carbons (Fsp3) is 0.429. The number of amides is 3. The Labute approximate surface area is 217 Å². The Morgan fingerprint density at radius 2 is 1.54 bits per heavy atom. The van der Waals surface area contributed by atoms with Gasteiger partial charge in [-0.2, -0.15) is 5.26 Å². The van der Waals surface area contributed by atoms with Crippen LogP contribution in [0.3, 0.4) is 0 Å². The van der Waals surface area contributed by atoms with Crippen LogP contribution in [0, 0.1) is 17.2 Å². The number of piperazine rings is 2. The van der Waals surface area contributed by atoms with Crippen molar-refractivity contribution in [3.05, 3.63) is 59.2 Å². The number of carbonyl (C=O) groups is 3. The quantitative estimate of drug-likeness (QED) is 0.652. The van der Waals surface area contributed by atoms with E-state index in [1.807, 2.05) is 21.9 Å². The zero-order chi connectivity index (χ0) is 25.8. The van der Waals surface area contributed by atoms with Gasteiger partial charge < -0.3 is 25.3 Å². The lowest BCUT2D eigenvalue weighted by atomic mass is 9.84. The van der Waals surface area contributed by atoms with Crippen molar-refractivity contribution in [2.24, 2.45) is 5.92 Å². The van der Waals surface area contributed by atoms with Crippen LogP contribution in [-0.4, -0.2) is 79.9 Å². The first kappa shape index (κ1) is 24.8. The van der Waals surface area contributed by atoms with Gasteiger partial charge in [-0.15, -0.1) is 0 Å². The number of rotatable bonds is 5. The number of nitrogens with one attached hydrogen (secondary N) is 2. The molecule has 37 heavy (non-hydrogen) atoms. The molecule has 2 heterocycles. The van der Waals surface area contributed by atoms with Crippen LogP contribution in [0.5, 0.6) is 0 Å². The van der Waals surface area contributed by atoms with E-state index in [2.05, 4.69) is 21.6 Å². The summed E-state index contributed by atoms with van der Waals surface area (Å²) in [7, 11) is 0. The molecule has 192 valence electrons. The Morgan fingerprint density at radius 3 is 2.16 bits per heavy atom. The molecule has 9 heteroatoms. The molecule has 1 saturated carbocycles. The van der Waals surface area contributed by atoms with Crippen LogP contribution in [0.2, 0.25) is 0 Å². The van der Waals surface area contributed by atoms with Gasteiger partial charge in [0.1, 0.15) is 0 Å². The molecule has 5 rings (SSSR count). The Morgan fingerprint density at radius 1 is 0.865 bits per heavy atom. The fourth-order valence-electron chi connectivity index (χ4n) is 5.07. The Kier molecular flexibility index (Phi) is 7.37. The molecule has 0 spiro atoms. The normalized spacial score (nSPS) is 18.1. The van der Waals surface area contributed by atoms with Gasteiger partial charge in [-0.3, -0.25) is 14.4 Å². The van der Waals surface area contributed by atoms with Gasteiger partial charge in [-0.05, 0) is 55.3 Å². The molecule has 2 aliphatic heterocycles. The number of anilines is 2. The summed E-state index contributed by atoms with van der Waals surface area (Å²) in [6.45, 7) is 5.40. The number of nitrogens with zero attached hydrogens (tertiary/aromatic N) is 4. The number of nitriles is 1. The predicted octanol–water partition coefficient (Wildman–Crippen LogP) is 2.30. The first-order valence-electron chi connectivity index (χ1n) is 13.0. The van der Waals surface area contributed by atoms with Gasteiger partial charge in [0.25, 0.3) is 11.8 Å². The maximum absolute atomic E-state index is 13.2. The second-order valence-corrected chi connectivity index (χ2v) is 9.86. The van der Waals surface area contributed by atoms with Crippen LogP contribution in [0.25, 0.3) is 0 Å². The summed E-state index contributed by atoms with van der Waals surface area (Å²) in [5, 5.41) is 15.3. The topological polar surface area (TPSA) is 109 Å². The van der Waals surface area contributed by atoms with Crippen molar-refractivity contribution in [3.8, 4) is 6.07 Å². The minimum absolute atomic E-state index is 0.0576. The van der Waals surface area contributed by atoms with E-state index in [0.717, 1.165) is 38.0 Å². The highest BCUT2D eigenvalue weighted by atomic mass is 16.2. The molecule has 0 radical (unpaired) electrons. The van der Waals surface area contributed by atoms with Crippen LogP contribution in [0.1, 0.15) is 45.5 Å². The van der Waals surface area contributed by atoms with Crippen molar-refractivity contribution >= 4 is 29.1 Å². The van der Waals surface area contributed by atoms with Crippen LogP contribution < -0.4 is 15.5 Å². The second-order valence-electron chi connectivity index (χ2n) is 9.86. The molecule has 3 aliphatic rings. The molecule has 2 aromatic carbocycles. The summed E-state index contributed by atoms with van der Waals surface area (Å²) < 4.78 is 0. The molecule has 2 N–H and O–H groups in total. The van der Waals surface area contributed by atoms with Crippen molar-refractivity contribution in [1.29, 1.82) is 5.26 Å². The number of hydrogen-bond acceptors (Lipinski definition) is 6. The molecular formula is C28H32N6O3. The lowest BCUT2D eigenvalue weighted by Crippen LogP contribution is -2.51. The fourth-order valence-corrected chi connectivity index (χ4v) is 5.07. The van der Waals surface area contributed by atoms with Gasteiger partial charge >= 0.3 is 0 Å². The summed E-state index contributed by atoms with van der Waals surface area (Å²) in [5.74, 6) is 0.0791. The molecule has 1 aliphatic carbocycles. The molecule has 0 aromatic heterocycles. The average Bonchev–Trinajstić information content (AvgIpc) is 2.92. The summed E-state index contributed by atoms with van der Waals surface area (Å²) in [6, 6.07) is 14.0. The first-order chi connectivity index (χ1) is 18.0. The standard InChI is InChI=1S/C28H32N6O3/c29-19-20-4-6-21(7-5-20)26(35)31-24-18-23(28(37)33-12-10-30-11-13-33)8-9-25(24)32-14-16-34(17-15-32)27(36)22-2-1-3-22/h4-9,18,22,30H,1-3,10-17H2,(H,31,35). The summed E-state index contributed by atoms with van der Waals surface area (Å²) >= 11 is 0. The average molecular weight is 501 g/mol. The van der Waals surface area contributed by atoms with E-state index >= 15 is 0 Å². The molecule has 0 unspecified atom stereocenters. The van der Waals surface area contributed by atoms with Gasteiger partial charge in [0.2, 0.25) is 5.91 Å². The van der Waals surface area contributed by atoms with Crippen molar-refractivity contribution in [3.63, 3.8) is 0 Å². The highest BCUT2D eigenvalue weighted by Gasteiger charge is 2.32. The van der Waals surface area contributed by atoms with E-state index in [1.165, 1.54) is 0 Å². The second kappa shape index (κ2) is 11.0. The zero-order valence-corrected chi connectivity index (χ0v) is 20.9. The number of carbonyl (C=O) groups excluding carboxylic acids is 3. The van der Waals surface area contributed by atoms with Gasteiger partial charge in [-0.25, -0.2) is 0 Å². The van der Waals surface area contributed by atoms with E-state index in [-0.39, 0.29) is 23.6 Å². The van der Waals surface area contributed by atoms with Crippen LogP contribution in [0.4, 0.5) is 11.4 Å². The van der Waals surface area contributed by atoms with E-state index < -0.39 is 0 Å². The maximum atomic E-state index is 13.2. The summed E-state index contributed by atoms with van der Waals surface area (Å²) in [4.78, 5) is 44.9. The Balaban J connectivity index is 1.36. The SMILES string of the molecule is N#Cc1ccc(C(=O)Nc2cc(C(=O)N3CCNCC3)ccc2N2CCN(C(=O)C3CCC3)CC2)cc1. The van der Waals surface area contributed by atoms with Crippen LogP contribution >= 0.6 is 0 Å². The zero-order valence-electron chi connectivity index (χ0n) is 20.9. The third kappa shape index (κ3) is 5.44. The largest absolute Gasteiger partial charge is 0.366 e. The van der Waals surface area contributed by atoms with E-state index in [0.29, 0.717) is 61.6 Å². The van der Waals surface area contributed by atoms with Crippen LogP contribution in [-0.2, 0) is 4.79 Å². The summed E-state index contributed by atoms with van der Waals surface area (Å²) in [5.41, 5.74) is 2.83. The van der Waals surface area contributed by atoms with Gasteiger partial charge in [0, 0.05) is 69.4 Å². The summed E-state index contributed by atoms with van der Waals surface area (Å²) in [6.07, 6.45) is 3.12. The minimum atomic E-state index is -0.309. The molecule has 0 bridgehead atoms. The lowest BCUT2D eigenvalue weighted by Gasteiger charge is -2.39. The molecular weight excluding hydrogens is 468 g/mol. The Bertz CT molecular complexity index is 1200. The van der Waals surface area contributed by atoms with Gasteiger partial charge in [-0.1, -0.05) is 6.42 Å². The van der Waals surface area contributed by atoms with E-state index in [4.69, 9.17) is 5.26 Å². The molecule has 3 amide bonds. The van der Waals surface area contributed by atoms with E-state index in [9.17, 15) is 14.4 Å². The molecule has 2 saturated heterocycles. The third-order valence-electron chi connectivity index (χ3n) is 7.56. The first-order valence-corrected chi connectivity index (χ1v) is 13.0. The monoisotopic (exact) mass is 500 g/mol. The maximum Gasteiger partial charge on any atom is 0.255 e. The molecule has 2 aromatic rings. The minimum Gasteiger partial charge on any atom is -0.366 e. The highest BCUT2D eigenvalue weighted by molar-refractivity contribution is 6.07.